The normalized spacial score (nSPS) is 9.82. The average molecular weight is 277 g/mol. The fraction of sp³-hybridized carbons (Fsp3) is 0.273. The van der Waals surface area contributed by atoms with E-state index in [0.29, 0.717) is 5.75 Å². The number of halogens is 2. The van der Waals surface area contributed by atoms with Crippen molar-refractivity contribution in [3.8, 4) is 5.75 Å². The lowest BCUT2D eigenvalue weighted by Gasteiger charge is -2.07. The SMILES string of the molecule is CCOC(=O)c1cc(OCC(=O)Cl)ccc1Cl. The molecule has 1 aromatic carbocycles. The maximum Gasteiger partial charge on any atom is 0.339 e. The van der Waals surface area contributed by atoms with Gasteiger partial charge in [-0.15, -0.1) is 0 Å². The summed E-state index contributed by atoms with van der Waals surface area (Å²) in [7, 11) is 0. The van der Waals surface area contributed by atoms with Crippen LogP contribution in [0.3, 0.4) is 0 Å². The number of benzene rings is 1. The highest BCUT2D eigenvalue weighted by atomic mass is 35.5. The Kier molecular flexibility index (Phi) is 5.25. The molecule has 4 nitrogen and oxygen atoms in total. The molecule has 0 aromatic heterocycles. The van der Waals surface area contributed by atoms with E-state index in [1.807, 2.05) is 0 Å². The Bertz CT molecular complexity index is 431. The van der Waals surface area contributed by atoms with E-state index < -0.39 is 11.2 Å². The van der Waals surface area contributed by atoms with E-state index in [9.17, 15) is 9.59 Å². The molecule has 0 aliphatic carbocycles. The summed E-state index contributed by atoms with van der Waals surface area (Å²) in [5.74, 6) is -0.216. The van der Waals surface area contributed by atoms with Gasteiger partial charge in [0.05, 0.1) is 17.2 Å². The van der Waals surface area contributed by atoms with E-state index in [1.54, 1.807) is 6.92 Å². The average Bonchev–Trinajstić information content (AvgIpc) is 2.28. The van der Waals surface area contributed by atoms with Crippen LogP contribution in [0.25, 0.3) is 0 Å². The van der Waals surface area contributed by atoms with E-state index in [2.05, 4.69) is 0 Å². The van der Waals surface area contributed by atoms with Crippen LogP contribution in [0.4, 0.5) is 0 Å². The largest absolute Gasteiger partial charge is 0.484 e. The van der Waals surface area contributed by atoms with E-state index >= 15 is 0 Å². The van der Waals surface area contributed by atoms with Crippen LogP contribution in [-0.4, -0.2) is 24.4 Å². The van der Waals surface area contributed by atoms with Crippen molar-refractivity contribution in [2.45, 2.75) is 6.92 Å². The zero-order valence-electron chi connectivity index (χ0n) is 9.04. The van der Waals surface area contributed by atoms with Gasteiger partial charge in [0.15, 0.2) is 6.61 Å². The second-order valence-corrected chi connectivity index (χ2v) is 3.83. The quantitative estimate of drug-likeness (QED) is 0.613. The van der Waals surface area contributed by atoms with Crippen molar-refractivity contribution in [2.24, 2.45) is 0 Å². The molecule has 0 radical (unpaired) electrons. The molecule has 0 heterocycles. The molecular weight excluding hydrogens is 267 g/mol. The highest BCUT2D eigenvalue weighted by Crippen LogP contribution is 2.23. The molecule has 0 N–H and O–H groups in total. The smallest absolute Gasteiger partial charge is 0.339 e. The number of carbonyl (C=O) groups excluding carboxylic acids is 2. The maximum absolute atomic E-state index is 11.5. The van der Waals surface area contributed by atoms with Crippen LogP contribution < -0.4 is 4.74 Å². The van der Waals surface area contributed by atoms with E-state index in [4.69, 9.17) is 32.7 Å². The fourth-order valence-electron chi connectivity index (χ4n) is 1.10. The van der Waals surface area contributed by atoms with E-state index in [0.717, 1.165) is 0 Å². The van der Waals surface area contributed by atoms with Gasteiger partial charge in [-0.25, -0.2) is 4.79 Å². The third-order valence-corrected chi connectivity index (χ3v) is 2.22. The molecule has 0 saturated carbocycles. The van der Waals surface area contributed by atoms with Crippen molar-refractivity contribution in [3.05, 3.63) is 28.8 Å². The zero-order valence-corrected chi connectivity index (χ0v) is 10.5. The molecular formula is C11H10Cl2O4. The van der Waals surface area contributed by atoms with Crippen LogP contribution in [0, 0.1) is 0 Å². The summed E-state index contributed by atoms with van der Waals surface area (Å²) in [6.45, 7) is 1.67. The molecule has 1 aromatic rings. The zero-order chi connectivity index (χ0) is 12.8. The number of ether oxygens (including phenoxy) is 2. The van der Waals surface area contributed by atoms with Crippen LogP contribution in [0.5, 0.6) is 5.75 Å². The molecule has 0 spiro atoms. The molecule has 0 aliphatic heterocycles. The van der Waals surface area contributed by atoms with Crippen LogP contribution >= 0.6 is 23.2 Å². The molecule has 0 fully saturated rings. The summed E-state index contributed by atoms with van der Waals surface area (Å²) in [4.78, 5) is 22.0. The first-order valence-electron chi connectivity index (χ1n) is 4.82. The first-order chi connectivity index (χ1) is 8.04. The molecule has 0 amide bonds. The lowest BCUT2D eigenvalue weighted by atomic mass is 10.2. The molecule has 92 valence electrons. The Hall–Kier alpha value is -1.26. The maximum atomic E-state index is 11.5. The lowest BCUT2D eigenvalue weighted by molar-refractivity contribution is -0.113. The summed E-state index contributed by atoms with van der Waals surface area (Å²) in [6.07, 6.45) is 0. The lowest BCUT2D eigenvalue weighted by Crippen LogP contribution is -2.08. The summed E-state index contributed by atoms with van der Waals surface area (Å²) < 4.78 is 9.86. The third-order valence-electron chi connectivity index (χ3n) is 1.79. The molecule has 17 heavy (non-hydrogen) atoms. The molecule has 0 atom stereocenters. The Morgan fingerprint density at radius 1 is 1.35 bits per heavy atom. The molecule has 0 saturated heterocycles. The first kappa shape index (κ1) is 13.8. The monoisotopic (exact) mass is 276 g/mol. The Balaban J connectivity index is 2.86. The summed E-state index contributed by atoms with van der Waals surface area (Å²) >= 11 is 11.0. The second-order valence-electron chi connectivity index (χ2n) is 3.01. The number of hydrogen-bond donors (Lipinski definition) is 0. The van der Waals surface area contributed by atoms with Gasteiger partial charge in [0.1, 0.15) is 5.75 Å². The highest BCUT2D eigenvalue weighted by molar-refractivity contribution is 6.63. The summed E-state index contributed by atoms with van der Waals surface area (Å²) in [6, 6.07) is 4.42. The minimum absolute atomic E-state index is 0.188. The van der Waals surface area contributed by atoms with Crippen molar-refractivity contribution in [1.82, 2.24) is 0 Å². The fourth-order valence-corrected chi connectivity index (χ4v) is 1.35. The van der Waals surface area contributed by atoms with Crippen LogP contribution in [0.15, 0.2) is 18.2 Å². The molecule has 0 bridgehead atoms. The Morgan fingerprint density at radius 2 is 2.06 bits per heavy atom. The van der Waals surface area contributed by atoms with Gasteiger partial charge in [-0.2, -0.15) is 0 Å². The molecule has 1 rings (SSSR count). The van der Waals surface area contributed by atoms with Crippen molar-refractivity contribution in [3.63, 3.8) is 0 Å². The predicted octanol–water partition coefficient (Wildman–Crippen LogP) is 2.66. The predicted molar refractivity (Wildman–Crippen MR) is 63.8 cm³/mol. The molecule has 0 unspecified atom stereocenters. The van der Waals surface area contributed by atoms with Gasteiger partial charge < -0.3 is 9.47 Å². The highest BCUT2D eigenvalue weighted by Gasteiger charge is 2.13. The van der Waals surface area contributed by atoms with Crippen molar-refractivity contribution in [2.75, 3.05) is 13.2 Å². The minimum Gasteiger partial charge on any atom is -0.484 e. The topological polar surface area (TPSA) is 52.6 Å². The molecule has 0 aliphatic rings. The number of carbonyl (C=O) groups is 2. The number of hydrogen-bond acceptors (Lipinski definition) is 4. The van der Waals surface area contributed by atoms with Gasteiger partial charge in [-0.1, -0.05) is 11.6 Å². The number of esters is 1. The second kappa shape index (κ2) is 6.47. The van der Waals surface area contributed by atoms with Gasteiger partial charge in [0, 0.05) is 0 Å². The van der Waals surface area contributed by atoms with Gasteiger partial charge in [0.25, 0.3) is 5.24 Å². The van der Waals surface area contributed by atoms with Crippen molar-refractivity contribution < 1.29 is 19.1 Å². The van der Waals surface area contributed by atoms with Crippen molar-refractivity contribution in [1.29, 1.82) is 0 Å². The third kappa shape index (κ3) is 4.24. The van der Waals surface area contributed by atoms with Crippen molar-refractivity contribution >= 4 is 34.4 Å². The van der Waals surface area contributed by atoms with E-state index in [1.165, 1.54) is 18.2 Å². The Labute approximate surface area is 108 Å². The minimum atomic E-state index is -0.627. The summed E-state index contributed by atoms with van der Waals surface area (Å²) in [5, 5.41) is -0.370. The number of rotatable bonds is 5. The van der Waals surface area contributed by atoms with Gasteiger partial charge in [-0.3, -0.25) is 4.79 Å². The van der Waals surface area contributed by atoms with Crippen LogP contribution in [0.1, 0.15) is 17.3 Å². The Morgan fingerprint density at radius 3 is 2.65 bits per heavy atom. The van der Waals surface area contributed by atoms with Gasteiger partial charge >= 0.3 is 5.97 Å². The summed E-state index contributed by atoms with van der Waals surface area (Å²) in [5.41, 5.74) is 0.188. The first-order valence-corrected chi connectivity index (χ1v) is 5.58. The standard InChI is InChI=1S/C11H10Cl2O4/c1-2-16-11(15)8-5-7(3-4-9(8)12)17-6-10(13)14/h3-5H,2,6H2,1H3. The van der Waals surface area contributed by atoms with Gasteiger partial charge in [-0.05, 0) is 36.7 Å². The molecule has 6 heteroatoms. The van der Waals surface area contributed by atoms with Crippen LogP contribution in [0.2, 0.25) is 5.02 Å². The van der Waals surface area contributed by atoms with Gasteiger partial charge in [0.2, 0.25) is 0 Å². The van der Waals surface area contributed by atoms with E-state index in [-0.39, 0.29) is 23.8 Å². The van der Waals surface area contributed by atoms with Crippen LogP contribution in [-0.2, 0) is 9.53 Å².